The maximum atomic E-state index is 13.4. The summed E-state index contributed by atoms with van der Waals surface area (Å²) in [5, 5.41) is 11.7. The van der Waals surface area contributed by atoms with Gasteiger partial charge in [0.15, 0.2) is 5.16 Å². The summed E-state index contributed by atoms with van der Waals surface area (Å²) < 4.78 is 22.2. The number of benzene rings is 2. The number of thioether (sulfide) groups is 1. The van der Waals surface area contributed by atoms with Crippen molar-refractivity contribution in [3.05, 3.63) is 84.5 Å². The average Bonchev–Trinajstić information content (AvgIpc) is 3.46. The Kier molecular flexibility index (Phi) is 6.50. The van der Waals surface area contributed by atoms with Crippen LogP contribution >= 0.6 is 11.8 Å². The summed E-state index contributed by atoms with van der Waals surface area (Å²) in [6.07, 6.45) is 5.05. The van der Waals surface area contributed by atoms with Gasteiger partial charge in [0.1, 0.15) is 29.8 Å². The van der Waals surface area contributed by atoms with Crippen LogP contribution in [0.25, 0.3) is 5.69 Å². The van der Waals surface area contributed by atoms with Crippen LogP contribution in [0.5, 0.6) is 5.75 Å². The van der Waals surface area contributed by atoms with E-state index in [2.05, 4.69) is 20.5 Å². The third-order valence-electron chi connectivity index (χ3n) is 4.82. The molecule has 164 valence electrons. The Balaban J connectivity index is 1.47. The molecule has 2 aromatic carbocycles. The van der Waals surface area contributed by atoms with E-state index in [1.54, 1.807) is 42.5 Å². The van der Waals surface area contributed by atoms with Crippen LogP contribution in [0.1, 0.15) is 17.4 Å². The Labute approximate surface area is 188 Å². The summed E-state index contributed by atoms with van der Waals surface area (Å²) in [6, 6.07) is 13.0. The summed E-state index contributed by atoms with van der Waals surface area (Å²) in [5.74, 6) is 0.966. The second-order valence-electron chi connectivity index (χ2n) is 6.92. The van der Waals surface area contributed by atoms with Crippen molar-refractivity contribution in [2.75, 3.05) is 12.9 Å². The van der Waals surface area contributed by atoms with E-state index in [0.29, 0.717) is 11.0 Å². The quantitative estimate of drug-likeness (QED) is 0.414. The molecule has 0 spiro atoms. The number of ether oxygens (including phenoxy) is 1. The summed E-state index contributed by atoms with van der Waals surface area (Å²) in [5.41, 5.74) is 1.59. The maximum Gasteiger partial charge on any atom is 0.231 e. The van der Waals surface area contributed by atoms with Gasteiger partial charge in [-0.1, -0.05) is 23.9 Å². The first-order valence-electron chi connectivity index (χ1n) is 9.74. The molecule has 0 radical (unpaired) electrons. The third kappa shape index (κ3) is 4.80. The fourth-order valence-electron chi connectivity index (χ4n) is 3.18. The number of rotatable bonds is 8. The Morgan fingerprint density at radius 3 is 2.59 bits per heavy atom. The third-order valence-corrected chi connectivity index (χ3v) is 5.77. The van der Waals surface area contributed by atoms with Crippen molar-refractivity contribution in [2.45, 2.75) is 11.2 Å². The fourth-order valence-corrected chi connectivity index (χ4v) is 3.92. The van der Waals surface area contributed by atoms with Crippen LogP contribution in [-0.2, 0) is 11.8 Å². The van der Waals surface area contributed by atoms with Gasteiger partial charge in [-0.05, 0) is 42.0 Å². The van der Waals surface area contributed by atoms with Gasteiger partial charge in [-0.25, -0.2) is 9.37 Å². The molecule has 4 rings (SSSR count). The van der Waals surface area contributed by atoms with Gasteiger partial charge in [0.2, 0.25) is 5.91 Å². The van der Waals surface area contributed by atoms with Crippen molar-refractivity contribution in [1.29, 1.82) is 0 Å². The normalized spacial score (nSPS) is 11.8. The smallest absolute Gasteiger partial charge is 0.231 e. The average molecular weight is 453 g/mol. The van der Waals surface area contributed by atoms with E-state index in [-0.39, 0.29) is 17.5 Å². The predicted molar refractivity (Wildman–Crippen MR) is 118 cm³/mol. The number of imidazole rings is 1. The molecular formula is C22H21FN6O2S. The highest BCUT2D eigenvalue weighted by atomic mass is 32.2. The van der Waals surface area contributed by atoms with Crippen molar-refractivity contribution in [2.24, 2.45) is 7.05 Å². The lowest BCUT2D eigenvalue weighted by molar-refractivity contribution is -0.119. The molecule has 2 heterocycles. The SMILES string of the molecule is COc1ccc(-n2cnnc2SCC(=O)N[C@@H](c2ccc(F)cc2)c2nccn2C)cc1. The fraction of sp³-hybridized carbons (Fsp3) is 0.182. The zero-order valence-electron chi connectivity index (χ0n) is 17.5. The van der Waals surface area contributed by atoms with Gasteiger partial charge in [-0.15, -0.1) is 10.2 Å². The minimum atomic E-state index is -0.511. The molecule has 1 amide bonds. The molecular weight excluding hydrogens is 431 g/mol. The molecule has 0 fully saturated rings. The maximum absolute atomic E-state index is 13.4. The van der Waals surface area contributed by atoms with Crippen molar-refractivity contribution in [3.8, 4) is 11.4 Å². The standard InChI is InChI=1S/C22H21FN6O2S/c1-28-12-11-24-21(28)20(15-3-5-16(23)6-4-15)26-19(30)13-32-22-27-25-14-29(22)17-7-9-18(31-2)10-8-17/h3-12,14,20H,13H2,1-2H3,(H,26,30)/t20-/m0/s1. The van der Waals surface area contributed by atoms with Crippen LogP contribution in [0.15, 0.2) is 72.4 Å². The molecule has 32 heavy (non-hydrogen) atoms. The second kappa shape index (κ2) is 9.65. The lowest BCUT2D eigenvalue weighted by Crippen LogP contribution is -2.32. The van der Waals surface area contributed by atoms with Crippen LogP contribution in [0, 0.1) is 5.82 Å². The highest BCUT2D eigenvalue weighted by molar-refractivity contribution is 7.99. The molecule has 0 saturated carbocycles. The van der Waals surface area contributed by atoms with Gasteiger partial charge in [-0.2, -0.15) is 0 Å². The van der Waals surface area contributed by atoms with Gasteiger partial charge in [-0.3, -0.25) is 9.36 Å². The lowest BCUT2D eigenvalue weighted by Gasteiger charge is -2.19. The number of carbonyl (C=O) groups excluding carboxylic acids is 1. The highest BCUT2D eigenvalue weighted by Gasteiger charge is 2.21. The molecule has 1 N–H and O–H groups in total. The Hall–Kier alpha value is -3.66. The van der Waals surface area contributed by atoms with Crippen molar-refractivity contribution in [3.63, 3.8) is 0 Å². The first-order chi connectivity index (χ1) is 15.5. The van der Waals surface area contributed by atoms with Gasteiger partial charge >= 0.3 is 0 Å². The number of carbonyl (C=O) groups is 1. The summed E-state index contributed by atoms with van der Waals surface area (Å²) >= 11 is 1.27. The minimum absolute atomic E-state index is 0.122. The van der Waals surface area contributed by atoms with Gasteiger partial charge in [0.25, 0.3) is 0 Å². The summed E-state index contributed by atoms with van der Waals surface area (Å²) in [6.45, 7) is 0. The van der Waals surface area contributed by atoms with E-state index in [4.69, 9.17) is 4.74 Å². The zero-order valence-corrected chi connectivity index (χ0v) is 18.3. The number of methoxy groups -OCH3 is 1. The number of hydrogen-bond acceptors (Lipinski definition) is 6. The summed E-state index contributed by atoms with van der Waals surface area (Å²) in [7, 11) is 3.45. The predicted octanol–water partition coefficient (Wildman–Crippen LogP) is 3.15. The molecule has 0 bridgehead atoms. The largest absolute Gasteiger partial charge is 0.497 e. The van der Waals surface area contributed by atoms with E-state index < -0.39 is 6.04 Å². The summed E-state index contributed by atoms with van der Waals surface area (Å²) in [4.78, 5) is 17.2. The molecule has 10 heteroatoms. The Bertz CT molecular complexity index is 1190. The first-order valence-corrected chi connectivity index (χ1v) is 10.7. The number of aryl methyl sites for hydroxylation is 1. The number of nitrogens with one attached hydrogen (secondary N) is 1. The van der Waals surface area contributed by atoms with E-state index in [9.17, 15) is 9.18 Å². The van der Waals surface area contributed by atoms with E-state index in [1.807, 2.05) is 35.9 Å². The van der Waals surface area contributed by atoms with Crippen LogP contribution < -0.4 is 10.1 Å². The molecule has 8 nitrogen and oxygen atoms in total. The Morgan fingerprint density at radius 1 is 1.19 bits per heavy atom. The van der Waals surface area contributed by atoms with Crippen LogP contribution in [-0.4, -0.2) is 43.1 Å². The van der Waals surface area contributed by atoms with Gasteiger partial charge in [0.05, 0.1) is 12.9 Å². The van der Waals surface area contributed by atoms with Crippen molar-refractivity contribution >= 4 is 17.7 Å². The highest BCUT2D eigenvalue weighted by Crippen LogP contribution is 2.23. The first kappa shape index (κ1) is 21.6. The van der Waals surface area contributed by atoms with Crippen LogP contribution in [0.4, 0.5) is 4.39 Å². The topological polar surface area (TPSA) is 86.9 Å². The van der Waals surface area contributed by atoms with Crippen LogP contribution in [0.2, 0.25) is 0 Å². The van der Waals surface area contributed by atoms with E-state index >= 15 is 0 Å². The molecule has 1 atom stereocenters. The number of aromatic nitrogens is 5. The Morgan fingerprint density at radius 2 is 1.94 bits per heavy atom. The minimum Gasteiger partial charge on any atom is -0.497 e. The molecule has 0 saturated heterocycles. The molecule has 2 aromatic heterocycles. The number of hydrogen-bond donors (Lipinski definition) is 1. The van der Waals surface area contributed by atoms with Crippen molar-refractivity contribution < 1.29 is 13.9 Å². The number of amides is 1. The lowest BCUT2D eigenvalue weighted by atomic mass is 10.1. The molecule has 0 aliphatic rings. The monoisotopic (exact) mass is 452 g/mol. The molecule has 4 aromatic rings. The number of nitrogens with zero attached hydrogens (tertiary/aromatic N) is 5. The van der Waals surface area contributed by atoms with Gasteiger partial charge in [0, 0.05) is 25.1 Å². The second-order valence-corrected chi connectivity index (χ2v) is 7.86. The van der Waals surface area contributed by atoms with Crippen molar-refractivity contribution in [1.82, 2.24) is 29.6 Å². The molecule has 0 aliphatic carbocycles. The zero-order chi connectivity index (χ0) is 22.5. The number of halogens is 1. The molecule has 0 unspecified atom stereocenters. The van der Waals surface area contributed by atoms with E-state index in [1.165, 1.54) is 23.9 Å². The molecule has 0 aliphatic heterocycles. The van der Waals surface area contributed by atoms with E-state index in [0.717, 1.165) is 17.0 Å². The van der Waals surface area contributed by atoms with Gasteiger partial charge < -0.3 is 14.6 Å². The van der Waals surface area contributed by atoms with Crippen LogP contribution in [0.3, 0.4) is 0 Å².